The third-order valence-electron chi connectivity index (χ3n) is 3.34. The largest absolute Gasteiger partial charge is 0.380 e. The molecule has 15 heavy (non-hydrogen) atoms. The van der Waals surface area contributed by atoms with Gasteiger partial charge in [0.05, 0.1) is 12.7 Å². The van der Waals surface area contributed by atoms with Crippen LogP contribution in [0.3, 0.4) is 0 Å². The predicted octanol–water partition coefficient (Wildman–Crippen LogP) is 1.71. The lowest BCUT2D eigenvalue weighted by molar-refractivity contribution is 0.0494. The van der Waals surface area contributed by atoms with Crippen molar-refractivity contribution in [1.29, 1.82) is 0 Å². The summed E-state index contributed by atoms with van der Waals surface area (Å²) in [6.07, 6.45) is 7.97. The monoisotopic (exact) mass is 213 g/mol. The normalized spacial score (nSPS) is 32.0. The zero-order chi connectivity index (χ0) is 10.3. The number of nitrogens with one attached hydrogen (secondary N) is 1. The molecule has 2 heterocycles. The number of rotatable bonds is 5. The van der Waals surface area contributed by atoms with Gasteiger partial charge in [0.25, 0.3) is 0 Å². The van der Waals surface area contributed by atoms with Crippen molar-refractivity contribution in [2.75, 3.05) is 26.4 Å². The van der Waals surface area contributed by atoms with E-state index in [2.05, 4.69) is 5.32 Å². The Labute approximate surface area is 92.5 Å². The Morgan fingerprint density at radius 1 is 1.20 bits per heavy atom. The minimum atomic E-state index is 0.476. The van der Waals surface area contributed by atoms with Crippen molar-refractivity contribution in [2.24, 2.45) is 0 Å². The molecule has 0 amide bonds. The van der Waals surface area contributed by atoms with Crippen LogP contribution in [0.1, 0.15) is 38.5 Å². The van der Waals surface area contributed by atoms with Crippen LogP contribution in [0.4, 0.5) is 0 Å². The molecule has 0 aromatic rings. The molecule has 2 fully saturated rings. The standard InChI is InChI=1S/C12H23NO2/c1-2-7-13-11(4-1)10-14-9-6-12-5-3-8-15-12/h11-13H,1-10H2. The Kier molecular flexibility index (Phi) is 4.90. The number of piperidine rings is 1. The van der Waals surface area contributed by atoms with Gasteiger partial charge in [-0.05, 0) is 38.6 Å². The molecular formula is C12H23NO2. The van der Waals surface area contributed by atoms with Crippen molar-refractivity contribution < 1.29 is 9.47 Å². The van der Waals surface area contributed by atoms with Gasteiger partial charge in [-0.2, -0.15) is 0 Å². The second-order valence-electron chi connectivity index (χ2n) is 4.65. The third-order valence-corrected chi connectivity index (χ3v) is 3.34. The number of hydrogen-bond acceptors (Lipinski definition) is 3. The summed E-state index contributed by atoms with van der Waals surface area (Å²) in [5.74, 6) is 0. The van der Waals surface area contributed by atoms with Crippen LogP contribution in [-0.4, -0.2) is 38.5 Å². The van der Waals surface area contributed by atoms with Crippen LogP contribution >= 0.6 is 0 Å². The second kappa shape index (κ2) is 6.46. The maximum atomic E-state index is 5.69. The Morgan fingerprint density at radius 2 is 2.20 bits per heavy atom. The van der Waals surface area contributed by atoms with E-state index in [0.29, 0.717) is 12.1 Å². The smallest absolute Gasteiger partial charge is 0.0619 e. The average Bonchev–Trinajstić information content (AvgIpc) is 2.79. The summed E-state index contributed by atoms with van der Waals surface area (Å²) < 4.78 is 11.2. The third kappa shape index (κ3) is 4.09. The molecule has 0 saturated carbocycles. The zero-order valence-corrected chi connectivity index (χ0v) is 9.54. The Morgan fingerprint density at radius 3 is 2.93 bits per heavy atom. The molecular weight excluding hydrogens is 190 g/mol. The lowest BCUT2D eigenvalue weighted by Crippen LogP contribution is -2.37. The fourth-order valence-corrected chi connectivity index (χ4v) is 2.38. The molecule has 2 unspecified atom stereocenters. The number of hydrogen-bond donors (Lipinski definition) is 1. The van der Waals surface area contributed by atoms with E-state index in [4.69, 9.17) is 9.47 Å². The molecule has 0 aliphatic carbocycles. The van der Waals surface area contributed by atoms with Gasteiger partial charge >= 0.3 is 0 Å². The van der Waals surface area contributed by atoms with Gasteiger partial charge in [0, 0.05) is 19.3 Å². The zero-order valence-electron chi connectivity index (χ0n) is 9.54. The summed E-state index contributed by atoms with van der Waals surface area (Å²) in [4.78, 5) is 0. The Balaban J connectivity index is 1.47. The summed E-state index contributed by atoms with van der Waals surface area (Å²) in [5.41, 5.74) is 0. The van der Waals surface area contributed by atoms with Crippen LogP contribution in [0.5, 0.6) is 0 Å². The molecule has 2 aliphatic rings. The van der Waals surface area contributed by atoms with Crippen LogP contribution < -0.4 is 5.32 Å². The van der Waals surface area contributed by atoms with Crippen molar-refractivity contribution in [3.05, 3.63) is 0 Å². The fraction of sp³-hybridized carbons (Fsp3) is 1.00. The summed E-state index contributed by atoms with van der Waals surface area (Å²) in [5, 5.41) is 3.49. The maximum absolute atomic E-state index is 5.69. The Hall–Kier alpha value is -0.120. The van der Waals surface area contributed by atoms with Gasteiger partial charge in [-0.15, -0.1) is 0 Å². The molecule has 3 nitrogen and oxygen atoms in total. The first-order chi connectivity index (χ1) is 7.45. The lowest BCUT2D eigenvalue weighted by Gasteiger charge is -2.23. The summed E-state index contributed by atoms with van der Waals surface area (Å²) >= 11 is 0. The average molecular weight is 213 g/mol. The first kappa shape index (κ1) is 11.4. The van der Waals surface area contributed by atoms with E-state index in [1.807, 2.05) is 0 Å². The van der Waals surface area contributed by atoms with Gasteiger partial charge in [0.2, 0.25) is 0 Å². The molecule has 1 N–H and O–H groups in total. The minimum absolute atomic E-state index is 0.476. The minimum Gasteiger partial charge on any atom is -0.380 e. The van der Waals surface area contributed by atoms with Gasteiger partial charge in [0.1, 0.15) is 0 Å². The topological polar surface area (TPSA) is 30.5 Å². The molecule has 0 bridgehead atoms. The van der Waals surface area contributed by atoms with Gasteiger partial charge in [0.15, 0.2) is 0 Å². The quantitative estimate of drug-likeness (QED) is 0.705. The van der Waals surface area contributed by atoms with E-state index in [1.54, 1.807) is 0 Å². The van der Waals surface area contributed by atoms with E-state index < -0.39 is 0 Å². The summed E-state index contributed by atoms with van der Waals surface area (Å²) in [7, 11) is 0. The van der Waals surface area contributed by atoms with Gasteiger partial charge in [-0.1, -0.05) is 6.42 Å². The molecule has 2 aliphatic heterocycles. The van der Waals surface area contributed by atoms with E-state index in [0.717, 1.165) is 26.2 Å². The van der Waals surface area contributed by atoms with Crippen molar-refractivity contribution in [3.8, 4) is 0 Å². The van der Waals surface area contributed by atoms with Crippen LogP contribution in [0.25, 0.3) is 0 Å². The predicted molar refractivity (Wildman–Crippen MR) is 60.1 cm³/mol. The molecule has 2 atom stereocenters. The Bertz CT molecular complexity index is 163. The summed E-state index contributed by atoms with van der Waals surface area (Å²) in [6.45, 7) is 3.87. The highest BCUT2D eigenvalue weighted by atomic mass is 16.5. The van der Waals surface area contributed by atoms with Gasteiger partial charge in [-0.25, -0.2) is 0 Å². The molecule has 3 heteroatoms. The second-order valence-corrected chi connectivity index (χ2v) is 4.65. The highest BCUT2D eigenvalue weighted by molar-refractivity contribution is 4.71. The first-order valence-corrected chi connectivity index (χ1v) is 6.38. The molecule has 0 spiro atoms. The van der Waals surface area contributed by atoms with Crippen molar-refractivity contribution in [2.45, 2.75) is 50.7 Å². The summed E-state index contributed by atoms with van der Waals surface area (Å²) in [6, 6.07) is 0.600. The highest BCUT2D eigenvalue weighted by Gasteiger charge is 2.16. The fourth-order valence-electron chi connectivity index (χ4n) is 2.38. The molecule has 2 saturated heterocycles. The van der Waals surface area contributed by atoms with E-state index >= 15 is 0 Å². The maximum Gasteiger partial charge on any atom is 0.0619 e. The molecule has 0 aromatic carbocycles. The van der Waals surface area contributed by atoms with Gasteiger partial charge in [-0.3, -0.25) is 0 Å². The molecule has 2 rings (SSSR count). The molecule has 0 aromatic heterocycles. The van der Waals surface area contributed by atoms with Crippen molar-refractivity contribution >= 4 is 0 Å². The molecule has 0 radical (unpaired) electrons. The van der Waals surface area contributed by atoms with E-state index in [1.165, 1.54) is 38.6 Å². The van der Waals surface area contributed by atoms with Crippen molar-refractivity contribution in [3.63, 3.8) is 0 Å². The SMILES string of the molecule is C1CCC(COCCC2CCCO2)NC1. The van der Waals surface area contributed by atoms with Crippen LogP contribution in [0, 0.1) is 0 Å². The van der Waals surface area contributed by atoms with Crippen molar-refractivity contribution in [1.82, 2.24) is 5.32 Å². The van der Waals surface area contributed by atoms with E-state index in [9.17, 15) is 0 Å². The first-order valence-electron chi connectivity index (χ1n) is 6.38. The highest BCUT2D eigenvalue weighted by Crippen LogP contribution is 2.15. The van der Waals surface area contributed by atoms with E-state index in [-0.39, 0.29) is 0 Å². The van der Waals surface area contributed by atoms with Crippen LogP contribution in [-0.2, 0) is 9.47 Å². The molecule has 88 valence electrons. The lowest BCUT2D eigenvalue weighted by atomic mass is 10.1. The number of ether oxygens (including phenoxy) is 2. The van der Waals surface area contributed by atoms with Crippen LogP contribution in [0.15, 0.2) is 0 Å². The van der Waals surface area contributed by atoms with Gasteiger partial charge < -0.3 is 14.8 Å². The van der Waals surface area contributed by atoms with Crippen LogP contribution in [0.2, 0.25) is 0 Å².